The van der Waals surface area contributed by atoms with Gasteiger partial charge >= 0.3 is 0 Å². The summed E-state index contributed by atoms with van der Waals surface area (Å²) in [5, 5.41) is 4.14. The number of anilines is 2. The molecule has 0 radical (unpaired) electrons. The lowest BCUT2D eigenvalue weighted by Gasteiger charge is -2.12. The molecule has 4 rings (SSSR count). The van der Waals surface area contributed by atoms with Crippen molar-refractivity contribution in [3.63, 3.8) is 0 Å². The van der Waals surface area contributed by atoms with Gasteiger partial charge in [-0.3, -0.25) is 9.78 Å². The smallest absolute Gasteiger partial charge is 0.244 e. The van der Waals surface area contributed by atoms with Gasteiger partial charge in [0.05, 0.1) is 29.1 Å². The first-order valence-corrected chi connectivity index (χ1v) is 10.3. The number of nitrogens with zero attached hydrogens (tertiary/aromatic N) is 3. The molecular weight excluding hydrogens is 426 g/mol. The number of halogens is 1. The molecule has 162 valence electrons. The van der Waals surface area contributed by atoms with Crippen molar-refractivity contribution in [3.8, 4) is 11.3 Å². The van der Waals surface area contributed by atoms with Crippen molar-refractivity contribution in [2.75, 3.05) is 24.7 Å². The summed E-state index contributed by atoms with van der Waals surface area (Å²) >= 11 is 6.46. The van der Waals surface area contributed by atoms with Gasteiger partial charge in [-0.15, -0.1) is 0 Å². The molecule has 0 aliphatic rings. The Bertz CT molecular complexity index is 1280. The molecule has 7 nitrogen and oxygen atoms in total. The third kappa shape index (κ3) is 4.90. The molecule has 0 spiro atoms. The van der Waals surface area contributed by atoms with Crippen molar-refractivity contribution in [2.45, 2.75) is 6.54 Å². The summed E-state index contributed by atoms with van der Waals surface area (Å²) < 4.78 is 5.84. The summed E-state index contributed by atoms with van der Waals surface area (Å²) in [4.78, 5) is 22.6. The van der Waals surface area contributed by atoms with Crippen molar-refractivity contribution in [2.24, 2.45) is 0 Å². The van der Waals surface area contributed by atoms with Gasteiger partial charge in [0.25, 0.3) is 0 Å². The minimum atomic E-state index is -0.251. The first kappa shape index (κ1) is 21.4. The fourth-order valence-corrected chi connectivity index (χ4v) is 3.41. The van der Waals surface area contributed by atoms with E-state index in [0.29, 0.717) is 22.2 Å². The third-order valence-corrected chi connectivity index (χ3v) is 5.14. The number of nitrogens with one attached hydrogen (secondary N) is 1. The maximum atomic E-state index is 12.1. The van der Waals surface area contributed by atoms with E-state index in [-0.39, 0.29) is 12.5 Å². The zero-order valence-electron chi connectivity index (χ0n) is 17.7. The number of pyridine rings is 2. The van der Waals surface area contributed by atoms with Gasteiger partial charge in [-0.25, -0.2) is 4.98 Å². The molecule has 0 saturated heterocycles. The standard InChI is InChI=1S/C24H22ClN5O2/c1-30(2)18-5-6-21(27-13-18)16-9-17-10-19(32-24(17)20(25)11-16)14-29-23(31)8-4-15-3-7-22(26)28-12-15/h3-13H,14H2,1-2H3,(H2,26,28)(H,29,31). The highest BCUT2D eigenvalue weighted by Gasteiger charge is 2.12. The van der Waals surface area contributed by atoms with Crippen molar-refractivity contribution in [1.29, 1.82) is 0 Å². The molecule has 1 aromatic carbocycles. The lowest BCUT2D eigenvalue weighted by molar-refractivity contribution is -0.116. The molecule has 4 aromatic rings. The van der Waals surface area contributed by atoms with Crippen LogP contribution in [0.3, 0.4) is 0 Å². The highest BCUT2D eigenvalue weighted by Crippen LogP contribution is 2.32. The minimum Gasteiger partial charge on any atom is -0.458 e. The molecule has 3 aromatic heterocycles. The van der Waals surface area contributed by atoms with E-state index >= 15 is 0 Å². The molecule has 32 heavy (non-hydrogen) atoms. The number of amides is 1. The molecule has 0 bridgehead atoms. The van der Waals surface area contributed by atoms with Crippen LogP contribution >= 0.6 is 11.6 Å². The third-order valence-electron chi connectivity index (χ3n) is 4.86. The summed E-state index contributed by atoms with van der Waals surface area (Å²) in [6.45, 7) is 0.235. The number of furan rings is 1. The minimum absolute atomic E-state index is 0.235. The summed E-state index contributed by atoms with van der Waals surface area (Å²) in [7, 11) is 3.94. The van der Waals surface area contributed by atoms with Gasteiger partial charge in [0.15, 0.2) is 5.58 Å². The quantitative estimate of drug-likeness (QED) is 0.422. The first-order valence-electron chi connectivity index (χ1n) is 9.92. The van der Waals surface area contributed by atoms with Crippen molar-refractivity contribution in [3.05, 3.63) is 77.3 Å². The average molecular weight is 448 g/mol. The molecule has 1 amide bonds. The highest BCUT2D eigenvalue weighted by molar-refractivity contribution is 6.35. The van der Waals surface area contributed by atoms with Gasteiger partial charge in [0.1, 0.15) is 11.6 Å². The van der Waals surface area contributed by atoms with E-state index in [1.54, 1.807) is 24.4 Å². The molecule has 0 fully saturated rings. The summed E-state index contributed by atoms with van der Waals surface area (Å²) in [5.74, 6) is 0.782. The van der Waals surface area contributed by atoms with Crippen LogP contribution in [0.15, 0.2) is 65.4 Å². The van der Waals surface area contributed by atoms with Crippen LogP contribution < -0.4 is 16.0 Å². The van der Waals surface area contributed by atoms with Crippen LogP contribution in [0.1, 0.15) is 11.3 Å². The predicted octanol–water partition coefficient (Wildman–Crippen LogP) is 4.52. The Hall–Kier alpha value is -3.84. The van der Waals surface area contributed by atoms with Crippen LogP contribution in [0.5, 0.6) is 0 Å². The summed E-state index contributed by atoms with van der Waals surface area (Å²) in [6.07, 6.45) is 6.51. The molecular formula is C24H22ClN5O2. The SMILES string of the molecule is CN(C)c1ccc(-c2cc(Cl)c3oc(CNC(=O)C=Cc4ccc(N)nc4)cc3c2)nc1. The first-order chi connectivity index (χ1) is 15.4. The van der Waals surface area contributed by atoms with E-state index in [1.165, 1.54) is 6.08 Å². The fraction of sp³-hybridized carbons (Fsp3) is 0.125. The molecule has 0 saturated carbocycles. The van der Waals surface area contributed by atoms with Crippen LogP contribution in [0.2, 0.25) is 5.02 Å². The zero-order valence-corrected chi connectivity index (χ0v) is 18.4. The molecule has 0 atom stereocenters. The van der Waals surface area contributed by atoms with Gasteiger partial charge in [-0.1, -0.05) is 11.6 Å². The van der Waals surface area contributed by atoms with Gasteiger partial charge < -0.3 is 20.4 Å². The van der Waals surface area contributed by atoms with Gasteiger partial charge in [-0.2, -0.15) is 0 Å². The second-order valence-electron chi connectivity index (χ2n) is 7.45. The van der Waals surface area contributed by atoms with E-state index in [9.17, 15) is 4.79 Å². The number of nitrogens with two attached hydrogens (primary N) is 1. The van der Waals surface area contributed by atoms with Crippen molar-refractivity contribution in [1.82, 2.24) is 15.3 Å². The predicted molar refractivity (Wildman–Crippen MR) is 128 cm³/mol. The summed E-state index contributed by atoms with van der Waals surface area (Å²) in [6, 6.07) is 13.1. The molecule has 0 unspecified atom stereocenters. The Morgan fingerprint density at radius 2 is 2.00 bits per heavy atom. The number of aromatic nitrogens is 2. The lowest BCUT2D eigenvalue weighted by Crippen LogP contribution is -2.19. The van der Waals surface area contributed by atoms with Gasteiger partial charge in [-0.05, 0) is 54.1 Å². The summed E-state index contributed by atoms with van der Waals surface area (Å²) in [5.41, 5.74) is 9.64. The van der Waals surface area contributed by atoms with Crippen LogP contribution in [0.25, 0.3) is 28.3 Å². The largest absolute Gasteiger partial charge is 0.458 e. The second-order valence-corrected chi connectivity index (χ2v) is 7.86. The van der Waals surface area contributed by atoms with E-state index < -0.39 is 0 Å². The maximum absolute atomic E-state index is 12.1. The fourth-order valence-electron chi connectivity index (χ4n) is 3.14. The van der Waals surface area contributed by atoms with Crippen molar-refractivity contribution >= 4 is 46.1 Å². The number of fused-ring (bicyclic) bond motifs is 1. The molecule has 0 aliphatic carbocycles. The molecule has 3 N–H and O–H groups in total. The van der Waals surface area contributed by atoms with E-state index in [1.807, 2.05) is 55.5 Å². The van der Waals surface area contributed by atoms with Gasteiger partial charge in [0, 0.05) is 37.3 Å². The Balaban J connectivity index is 1.46. The average Bonchev–Trinajstić information content (AvgIpc) is 3.21. The van der Waals surface area contributed by atoms with E-state index in [2.05, 4.69) is 15.3 Å². The Kier molecular flexibility index (Phi) is 6.09. The number of hydrogen-bond donors (Lipinski definition) is 2. The van der Waals surface area contributed by atoms with Crippen molar-refractivity contribution < 1.29 is 9.21 Å². The number of nitrogen functional groups attached to an aromatic ring is 1. The molecule has 0 aliphatic heterocycles. The van der Waals surface area contributed by atoms with Crippen LogP contribution in [0, 0.1) is 0 Å². The monoisotopic (exact) mass is 447 g/mol. The second kappa shape index (κ2) is 9.11. The Morgan fingerprint density at radius 3 is 2.69 bits per heavy atom. The number of benzene rings is 1. The van der Waals surface area contributed by atoms with Crippen LogP contribution in [-0.4, -0.2) is 30.0 Å². The van der Waals surface area contributed by atoms with E-state index in [0.717, 1.165) is 27.9 Å². The Morgan fingerprint density at radius 1 is 1.16 bits per heavy atom. The van der Waals surface area contributed by atoms with Crippen LogP contribution in [0.4, 0.5) is 11.5 Å². The lowest BCUT2D eigenvalue weighted by atomic mass is 10.1. The topological polar surface area (TPSA) is 97.3 Å². The Labute approximate surface area is 190 Å². The molecule has 3 heterocycles. The number of hydrogen-bond acceptors (Lipinski definition) is 6. The van der Waals surface area contributed by atoms with E-state index in [4.69, 9.17) is 21.8 Å². The van der Waals surface area contributed by atoms with Crippen LogP contribution in [-0.2, 0) is 11.3 Å². The highest BCUT2D eigenvalue weighted by atomic mass is 35.5. The van der Waals surface area contributed by atoms with Gasteiger partial charge in [0.2, 0.25) is 5.91 Å². The number of rotatable bonds is 6. The molecule has 8 heteroatoms. The number of carbonyl (C=O) groups is 1. The maximum Gasteiger partial charge on any atom is 0.244 e. The number of carbonyl (C=O) groups excluding carboxylic acids is 1. The normalized spacial score (nSPS) is 11.2. The zero-order chi connectivity index (χ0) is 22.7.